The van der Waals surface area contributed by atoms with Gasteiger partial charge >= 0.3 is 0 Å². The van der Waals surface area contributed by atoms with Crippen LogP contribution in [0.4, 0.5) is 0 Å². The fourth-order valence-corrected chi connectivity index (χ4v) is 4.68. The van der Waals surface area contributed by atoms with Crippen LogP contribution in [0, 0.1) is 0 Å². The number of imidazole rings is 1. The number of carbonyl (C=O) groups is 1. The van der Waals surface area contributed by atoms with Crippen molar-refractivity contribution in [2.24, 2.45) is 0 Å². The van der Waals surface area contributed by atoms with Crippen molar-refractivity contribution in [3.05, 3.63) is 65.5 Å². The Morgan fingerprint density at radius 2 is 2.00 bits per heavy atom. The second-order valence-corrected chi connectivity index (χ2v) is 8.41. The molecule has 0 bridgehead atoms. The number of nitrogens with one attached hydrogen (secondary N) is 2. The molecule has 1 saturated heterocycles. The van der Waals surface area contributed by atoms with Gasteiger partial charge in [-0.2, -0.15) is 0 Å². The van der Waals surface area contributed by atoms with Crippen LogP contribution in [-0.4, -0.2) is 52.5 Å². The van der Waals surface area contributed by atoms with Crippen molar-refractivity contribution >= 4 is 16.9 Å². The van der Waals surface area contributed by atoms with Crippen LogP contribution in [0.2, 0.25) is 0 Å². The number of rotatable bonds is 5. The molecular formula is C24H28N4O3. The zero-order chi connectivity index (χ0) is 21.2. The lowest BCUT2D eigenvalue weighted by atomic mass is 9.93. The predicted molar refractivity (Wildman–Crippen MR) is 118 cm³/mol. The van der Waals surface area contributed by atoms with E-state index in [9.17, 15) is 9.90 Å². The van der Waals surface area contributed by atoms with E-state index in [2.05, 4.69) is 32.3 Å². The summed E-state index contributed by atoms with van der Waals surface area (Å²) < 4.78 is 7.63. The highest BCUT2D eigenvalue weighted by molar-refractivity contribution is 6.04. The molecule has 3 heterocycles. The number of benzene rings is 2. The summed E-state index contributed by atoms with van der Waals surface area (Å²) in [5, 5.41) is 17.0. The largest absolute Gasteiger partial charge is 0.390 e. The Hall–Kier alpha value is -2.74. The SMILES string of the molecule is O=C(NC[C@@H](O)[C@@H]1Cc2ccccc2CN1)c1cccc2c1ncn2C1CCOCC1. The smallest absolute Gasteiger partial charge is 0.253 e. The minimum absolute atomic E-state index is 0.0845. The van der Waals surface area contributed by atoms with Gasteiger partial charge in [0.05, 0.1) is 23.5 Å². The molecule has 0 saturated carbocycles. The topological polar surface area (TPSA) is 88.4 Å². The second kappa shape index (κ2) is 8.78. The Labute approximate surface area is 181 Å². The lowest BCUT2D eigenvalue weighted by molar-refractivity contribution is 0.0706. The van der Waals surface area contributed by atoms with Crippen molar-refractivity contribution in [2.45, 2.75) is 44.0 Å². The van der Waals surface area contributed by atoms with E-state index in [1.807, 2.05) is 30.6 Å². The number of nitrogens with zero attached hydrogens (tertiary/aromatic N) is 2. The predicted octanol–water partition coefficient (Wildman–Crippen LogP) is 2.19. The van der Waals surface area contributed by atoms with Gasteiger partial charge in [0.2, 0.25) is 0 Å². The number of aliphatic hydroxyl groups excluding tert-OH is 1. The maximum atomic E-state index is 12.9. The van der Waals surface area contributed by atoms with Crippen molar-refractivity contribution in [2.75, 3.05) is 19.8 Å². The van der Waals surface area contributed by atoms with Crippen molar-refractivity contribution in [1.82, 2.24) is 20.2 Å². The van der Waals surface area contributed by atoms with Crippen LogP contribution in [-0.2, 0) is 17.7 Å². The van der Waals surface area contributed by atoms with E-state index in [0.29, 0.717) is 17.1 Å². The van der Waals surface area contributed by atoms with E-state index in [1.165, 1.54) is 11.1 Å². The quantitative estimate of drug-likeness (QED) is 0.589. The van der Waals surface area contributed by atoms with Crippen LogP contribution in [0.1, 0.15) is 40.4 Å². The van der Waals surface area contributed by atoms with E-state index in [1.54, 1.807) is 6.07 Å². The van der Waals surface area contributed by atoms with Crippen LogP contribution in [0.15, 0.2) is 48.8 Å². The third kappa shape index (κ3) is 4.08. The minimum atomic E-state index is -0.670. The van der Waals surface area contributed by atoms with Gasteiger partial charge in [-0.15, -0.1) is 0 Å². The highest BCUT2D eigenvalue weighted by Gasteiger charge is 2.25. The average Bonchev–Trinajstić information content (AvgIpc) is 3.27. The lowest BCUT2D eigenvalue weighted by Gasteiger charge is -2.30. The molecule has 7 nitrogen and oxygen atoms in total. The second-order valence-electron chi connectivity index (χ2n) is 8.41. The van der Waals surface area contributed by atoms with E-state index in [0.717, 1.165) is 44.5 Å². The molecule has 0 unspecified atom stereocenters. The molecule has 31 heavy (non-hydrogen) atoms. The molecule has 7 heteroatoms. The molecule has 0 spiro atoms. The number of para-hydroxylation sites is 1. The number of carbonyl (C=O) groups excluding carboxylic acids is 1. The zero-order valence-electron chi connectivity index (χ0n) is 17.5. The first-order valence-corrected chi connectivity index (χ1v) is 11.0. The monoisotopic (exact) mass is 420 g/mol. The standard InChI is InChI=1S/C24H28N4O3/c29-22(20-12-16-4-1-2-5-17(16)13-25-20)14-26-24(30)19-6-3-7-21-23(19)27-15-28(21)18-8-10-31-11-9-18/h1-7,15,18,20,22,25,29H,8-14H2,(H,26,30)/t20-,22+/m0/s1. The lowest BCUT2D eigenvalue weighted by Crippen LogP contribution is -2.49. The van der Waals surface area contributed by atoms with Crippen LogP contribution < -0.4 is 10.6 Å². The molecule has 0 radical (unpaired) electrons. The van der Waals surface area contributed by atoms with Crippen LogP contribution in [0.25, 0.3) is 11.0 Å². The number of fused-ring (bicyclic) bond motifs is 2. The van der Waals surface area contributed by atoms with E-state index >= 15 is 0 Å². The molecule has 2 aliphatic heterocycles. The van der Waals surface area contributed by atoms with Gasteiger partial charge in [-0.3, -0.25) is 4.79 Å². The molecule has 1 fully saturated rings. The summed E-state index contributed by atoms with van der Waals surface area (Å²) in [5.41, 5.74) is 4.72. The molecule has 1 amide bonds. The van der Waals surface area contributed by atoms with Crippen LogP contribution in [0.3, 0.4) is 0 Å². The number of aromatic nitrogens is 2. The Balaban J connectivity index is 1.26. The van der Waals surface area contributed by atoms with Gasteiger partial charge in [-0.05, 0) is 42.5 Å². The van der Waals surface area contributed by atoms with Gasteiger partial charge in [0.15, 0.2) is 0 Å². The molecule has 2 aromatic carbocycles. The van der Waals surface area contributed by atoms with Gasteiger partial charge < -0.3 is 25.0 Å². The minimum Gasteiger partial charge on any atom is -0.390 e. The Bertz CT molecular complexity index is 1070. The molecule has 3 N–H and O–H groups in total. The third-order valence-electron chi connectivity index (χ3n) is 6.48. The molecule has 0 aliphatic carbocycles. The first-order chi connectivity index (χ1) is 15.2. The first kappa shape index (κ1) is 20.2. The molecule has 2 atom stereocenters. The van der Waals surface area contributed by atoms with Crippen molar-refractivity contribution in [1.29, 1.82) is 0 Å². The third-order valence-corrected chi connectivity index (χ3v) is 6.48. The normalized spacial score (nSPS) is 20.4. The number of ether oxygens (including phenoxy) is 1. The summed E-state index contributed by atoms with van der Waals surface area (Å²) in [7, 11) is 0. The maximum absolute atomic E-state index is 12.9. The maximum Gasteiger partial charge on any atom is 0.253 e. The van der Waals surface area contributed by atoms with E-state index in [-0.39, 0.29) is 18.5 Å². The Morgan fingerprint density at radius 1 is 1.19 bits per heavy atom. The molecule has 3 aromatic rings. The van der Waals surface area contributed by atoms with Gasteiger partial charge in [0.1, 0.15) is 5.52 Å². The zero-order valence-corrected chi connectivity index (χ0v) is 17.5. The highest BCUT2D eigenvalue weighted by atomic mass is 16.5. The summed E-state index contributed by atoms with van der Waals surface area (Å²) in [6.45, 7) is 2.43. The highest BCUT2D eigenvalue weighted by Crippen LogP contribution is 2.27. The van der Waals surface area contributed by atoms with Gasteiger partial charge in [0.25, 0.3) is 5.91 Å². The number of hydrogen-bond donors (Lipinski definition) is 3. The number of hydrogen-bond acceptors (Lipinski definition) is 5. The van der Waals surface area contributed by atoms with Crippen LogP contribution >= 0.6 is 0 Å². The van der Waals surface area contributed by atoms with Crippen molar-refractivity contribution in [3.63, 3.8) is 0 Å². The number of amides is 1. The first-order valence-electron chi connectivity index (χ1n) is 11.0. The van der Waals surface area contributed by atoms with Crippen molar-refractivity contribution in [3.8, 4) is 0 Å². The number of aliphatic hydroxyl groups is 1. The van der Waals surface area contributed by atoms with Crippen LogP contribution in [0.5, 0.6) is 0 Å². The Kier molecular flexibility index (Phi) is 5.72. The molecular weight excluding hydrogens is 392 g/mol. The molecule has 5 rings (SSSR count). The average molecular weight is 421 g/mol. The summed E-state index contributed by atoms with van der Waals surface area (Å²) in [6, 6.07) is 14.2. The fraction of sp³-hybridized carbons (Fsp3) is 0.417. The summed E-state index contributed by atoms with van der Waals surface area (Å²) >= 11 is 0. The summed E-state index contributed by atoms with van der Waals surface area (Å²) in [4.78, 5) is 17.5. The summed E-state index contributed by atoms with van der Waals surface area (Å²) in [5.74, 6) is -0.210. The van der Waals surface area contributed by atoms with Gasteiger partial charge in [-0.25, -0.2) is 4.98 Å². The summed E-state index contributed by atoms with van der Waals surface area (Å²) in [6.07, 6.45) is 3.81. The van der Waals surface area contributed by atoms with Gasteiger partial charge in [0, 0.05) is 38.4 Å². The Morgan fingerprint density at radius 3 is 2.84 bits per heavy atom. The fourth-order valence-electron chi connectivity index (χ4n) is 4.68. The van der Waals surface area contributed by atoms with Crippen molar-refractivity contribution < 1.29 is 14.6 Å². The van der Waals surface area contributed by atoms with Gasteiger partial charge in [-0.1, -0.05) is 30.3 Å². The molecule has 162 valence electrons. The van der Waals surface area contributed by atoms with E-state index < -0.39 is 6.10 Å². The van der Waals surface area contributed by atoms with E-state index in [4.69, 9.17) is 4.74 Å². The molecule has 1 aromatic heterocycles. The molecule has 2 aliphatic rings.